The number of halogens is 2. The van der Waals surface area contributed by atoms with Gasteiger partial charge < -0.3 is 39.4 Å². The third-order valence-corrected chi connectivity index (χ3v) is 13.6. The number of aromatic nitrogens is 2. The van der Waals surface area contributed by atoms with Crippen molar-refractivity contribution in [3.63, 3.8) is 0 Å². The molecule has 15 nitrogen and oxygen atoms in total. The van der Waals surface area contributed by atoms with Crippen LogP contribution in [0.2, 0.25) is 10.0 Å². The van der Waals surface area contributed by atoms with Crippen molar-refractivity contribution in [1.82, 2.24) is 15.3 Å². The van der Waals surface area contributed by atoms with Gasteiger partial charge in [0.2, 0.25) is 5.69 Å². The van der Waals surface area contributed by atoms with E-state index in [0.717, 1.165) is 46.2 Å². The third-order valence-electron chi connectivity index (χ3n) is 13.0. The van der Waals surface area contributed by atoms with Crippen LogP contribution in [0, 0.1) is 23.8 Å². The molecule has 6 atom stereocenters. The zero-order valence-electron chi connectivity index (χ0n) is 39.3. The molecule has 2 aliphatic carbocycles. The van der Waals surface area contributed by atoms with E-state index in [2.05, 4.69) is 50.5 Å². The average molecular weight is 1010 g/mol. The molecule has 0 amide bonds. The predicted octanol–water partition coefficient (Wildman–Crippen LogP) is 10.1. The Morgan fingerprint density at radius 1 is 0.764 bits per heavy atom. The number of aryl methyl sites for hydroxylation is 1. The lowest BCUT2D eigenvalue weighted by atomic mass is 9.91. The molecule has 2 heterocycles. The minimum Gasteiger partial charge on any atom is -0.488 e. The molecule has 17 heteroatoms. The van der Waals surface area contributed by atoms with Crippen LogP contribution in [-0.2, 0) is 48.6 Å². The number of nitrogens with zero attached hydrogens (tertiary/aromatic N) is 4. The fourth-order valence-electron chi connectivity index (χ4n) is 9.35. The van der Waals surface area contributed by atoms with Crippen molar-refractivity contribution in [2.24, 2.45) is 5.92 Å². The SMILES string of the molecule is [C-]#[N+]c1cncc(COc2cc(O[C@H]3CCc4c(-c5cccc6c5CC[C@@H]6Oc5cc(OCc6cncc(C#N)c6)c(CN[C@H](C(=O)O)[C@@H](C)O)cc5Cl)cccc43)c(Cl)cc2CC[C@H](C(=O)O)[C@@H](C)O)c1. The second kappa shape index (κ2) is 22.9. The Labute approximate surface area is 426 Å². The van der Waals surface area contributed by atoms with Crippen molar-refractivity contribution in [2.45, 2.75) is 103 Å². The molecule has 0 spiro atoms. The first kappa shape index (κ1) is 51.1. The summed E-state index contributed by atoms with van der Waals surface area (Å²) in [6, 6.07) is 23.4. The molecule has 8 rings (SSSR count). The van der Waals surface area contributed by atoms with Crippen molar-refractivity contribution < 1.29 is 49.0 Å². The van der Waals surface area contributed by atoms with Crippen molar-refractivity contribution in [3.05, 3.63) is 169 Å². The number of aliphatic hydroxyl groups excluding tert-OH is 2. The largest absolute Gasteiger partial charge is 0.488 e. The molecule has 0 saturated carbocycles. The smallest absolute Gasteiger partial charge is 0.323 e. The highest BCUT2D eigenvalue weighted by Crippen LogP contribution is 2.47. The molecule has 0 fully saturated rings. The van der Waals surface area contributed by atoms with Gasteiger partial charge in [-0.25, -0.2) is 4.85 Å². The Morgan fingerprint density at radius 2 is 1.32 bits per heavy atom. The van der Waals surface area contributed by atoms with E-state index in [9.17, 15) is 35.3 Å². The van der Waals surface area contributed by atoms with E-state index in [1.54, 1.807) is 48.8 Å². The molecule has 72 heavy (non-hydrogen) atoms. The molecule has 0 unspecified atom stereocenters. The number of pyridine rings is 2. The van der Waals surface area contributed by atoms with Gasteiger partial charge in [0.25, 0.3) is 0 Å². The molecule has 0 saturated heterocycles. The summed E-state index contributed by atoms with van der Waals surface area (Å²) in [6.07, 6.45) is 6.38. The monoisotopic (exact) mass is 1010 g/mol. The molecular formula is C55H51Cl2N5O10. The number of ether oxygens (including phenoxy) is 4. The van der Waals surface area contributed by atoms with Crippen LogP contribution in [0.3, 0.4) is 0 Å². The Bertz CT molecular complexity index is 2880. The Kier molecular flexibility index (Phi) is 16.2. The average Bonchev–Trinajstić information content (AvgIpc) is 3.98. The lowest BCUT2D eigenvalue weighted by Gasteiger charge is -2.21. The van der Waals surface area contributed by atoms with Crippen LogP contribution in [0.25, 0.3) is 16.0 Å². The lowest BCUT2D eigenvalue weighted by Crippen LogP contribution is -2.44. The summed E-state index contributed by atoms with van der Waals surface area (Å²) in [5.74, 6) is -1.75. The van der Waals surface area contributed by atoms with Crippen LogP contribution in [0.15, 0.2) is 97.6 Å². The number of carboxylic acid groups (broad SMARTS) is 2. The first-order valence-corrected chi connectivity index (χ1v) is 24.1. The predicted molar refractivity (Wildman–Crippen MR) is 267 cm³/mol. The van der Waals surface area contributed by atoms with Gasteiger partial charge in [-0.2, -0.15) is 5.26 Å². The summed E-state index contributed by atoms with van der Waals surface area (Å²) in [6.45, 7) is 10.4. The van der Waals surface area contributed by atoms with Gasteiger partial charge in [-0.1, -0.05) is 59.6 Å². The van der Waals surface area contributed by atoms with Crippen LogP contribution >= 0.6 is 23.2 Å². The summed E-state index contributed by atoms with van der Waals surface area (Å²) in [5, 5.41) is 52.6. The minimum atomic E-state index is -1.25. The van der Waals surface area contributed by atoms with E-state index >= 15 is 0 Å². The fourth-order valence-corrected chi connectivity index (χ4v) is 9.81. The highest BCUT2D eigenvalue weighted by Gasteiger charge is 2.33. The van der Waals surface area contributed by atoms with E-state index in [0.29, 0.717) is 74.4 Å². The maximum Gasteiger partial charge on any atom is 0.323 e. The normalized spacial score (nSPS) is 16.3. The molecule has 6 aromatic rings. The van der Waals surface area contributed by atoms with Crippen LogP contribution in [0.1, 0.15) is 95.4 Å². The standard InChI is InChI=1S/C55H51Cl2N5O10/c1-30(63)38(54(65)66)11-10-35-18-45(56)51(20-49(35)69-29-34-17-37(59-3)27-61-25-34)71-47-14-12-41-39(6-4-8-43(41)47)40-7-5-9-44-42(40)13-15-48(44)72-52-21-50(70-28-33-16-32(22-58)23-60-24-33)36(19-46(52)57)26-62-53(31(2)64)55(67)68/h4-9,16-21,23-25,27,30-31,38,47-48,53,62-64H,10-15,26,28-29H2,1-2H3,(H,65,66)(H,67,68)/t30-,31-,38+,47+,48+,53+/m1/s1. The molecule has 0 aliphatic heterocycles. The van der Waals surface area contributed by atoms with Gasteiger partial charge in [-0.15, -0.1) is 0 Å². The Hall–Kier alpha value is -7.24. The molecule has 2 aliphatic rings. The number of carbonyl (C=O) groups is 2. The number of hydrogen-bond donors (Lipinski definition) is 5. The van der Waals surface area contributed by atoms with E-state index in [-0.39, 0.29) is 49.8 Å². The fraction of sp³-hybridized carbons (Fsp3) is 0.309. The van der Waals surface area contributed by atoms with Crippen molar-refractivity contribution in [3.8, 4) is 40.2 Å². The zero-order valence-corrected chi connectivity index (χ0v) is 40.9. The first-order valence-electron chi connectivity index (χ1n) is 23.4. The minimum absolute atomic E-state index is 0.00663. The van der Waals surface area contributed by atoms with Gasteiger partial charge in [0.05, 0.1) is 40.3 Å². The molecular weight excluding hydrogens is 962 g/mol. The quantitative estimate of drug-likeness (QED) is 0.0424. The highest BCUT2D eigenvalue weighted by molar-refractivity contribution is 6.32. The van der Waals surface area contributed by atoms with Gasteiger partial charge >= 0.3 is 11.9 Å². The summed E-state index contributed by atoms with van der Waals surface area (Å²) >= 11 is 13.8. The molecule has 2 aromatic heterocycles. The number of fused-ring (bicyclic) bond motifs is 2. The van der Waals surface area contributed by atoms with Gasteiger partial charge in [0, 0.05) is 54.6 Å². The van der Waals surface area contributed by atoms with Crippen LogP contribution < -0.4 is 24.3 Å². The molecule has 5 N–H and O–H groups in total. The Morgan fingerprint density at radius 3 is 1.85 bits per heavy atom. The number of rotatable bonds is 21. The highest BCUT2D eigenvalue weighted by atomic mass is 35.5. The third kappa shape index (κ3) is 11.7. The number of nitriles is 1. The van der Waals surface area contributed by atoms with Crippen molar-refractivity contribution in [1.29, 1.82) is 5.26 Å². The number of aliphatic hydroxyl groups is 2. The maximum atomic E-state index is 11.9. The zero-order chi connectivity index (χ0) is 51.1. The van der Waals surface area contributed by atoms with Gasteiger partial charge in [0.15, 0.2) is 0 Å². The number of nitrogens with one attached hydrogen (secondary N) is 1. The summed E-state index contributed by atoms with van der Waals surface area (Å²) in [7, 11) is 0. The first-order chi connectivity index (χ1) is 34.7. The maximum absolute atomic E-state index is 11.9. The molecule has 370 valence electrons. The van der Waals surface area contributed by atoms with E-state index in [4.69, 9.17) is 48.7 Å². The summed E-state index contributed by atoms with van der Waals surface area (Å²) in [4.78, 5) is 35.5. The number of benzene rings is 4. The van der Waals surface area contributed by atoms with E-state index < -0.39 is 36.1 Å². The van der Waals surface area contributed by atoms with Crippen molar-refractivity contribution >= 4 is 40.8 Å². The summed E-state index contributed by atoms with van der Waals surface area (Å²) in [5.41, 5.74) is 9.73. The Balaban J connectivity index is 1.04. The number of carboxylic acids is 2. The van der Waals surface area contributed by atoms with Crippen LogP contribution in [-0.4, -0.2) is 60.6 Å². The second-order valence-electron chi connectivity index (χ2n) is 17.9. The van der Waals surface area contributed by atoms with Crippen LogP contribution in [0.4, 0.5) is 5.69 Å². The number of aliphatic carboxylic acids is 2. The second-order valence-corrected chi connectivity index (χ2v) is 18.7. The van der Waals surface area contributed by atoms with Gasteiger partial charge in [-0.05, 0) is 121 Å². The summed E-state index contributed by atoms with van der Waals surface area (Å²) < 4.78 is 26.0. The van der Waals surface area contributed by atoms with E-state index in [1.807, 2.05) is 12.1 Å². The van der Waals surface area contributed by atoms with Gasteiger partial charge in [-0.3, -0.25) is 24.9 Å². The van der Waals surface area contributed by atoms with Crippen LogP contribution in [0.5, 0.6) is 23.0 Å². The van der Waals surface area contributed by atoms with E-state index in [1.165, 1.54) is 26.2 Å². The molecule has 0 radical (unpaired) electrons. The topological polar surface area (TPSA) is 218 Å². The number of hydrogen-bond acceptors (Lipinski definition) is 12. The molecule has 0 bridgehead atoms. The lowest BCUT2D eigenvalue weighted by molar-refractivity contribution is -0.145. The molecule has 4 aromatic carbocycles. The van der Waals surface area contributed by atoms with Gasteiger partial charge in [0.1, 0.15) is 60.5 Å². The van der Waals surface area contributed by atoms with Crippen molar-refractivity contribution in [2.75, 3.05) is 0 Å².